The van der Waals surface area contributed by atoms with Gasteiger partial charge in [0, 0.05) is 17.7 Å². The Morgan fingerprint density at radius 3 is 2.50 bits per heavy atom. The summed E-state index contributed by atoms with van der Waals surface area (Å²) < 4.78 is 12.0. The summed E-state index contributed by atoms with van der Waals surface area (Å²) in [5.74, 6) is 0.795. The lowest BCUT2D eigenvalue weighted by molar-refractivity contribution is -0.144. The molecular formula is C29H33NO4. The summed E-state index contributed by atoms with van der Waals surface area (Å²) >= 11 is 0. The molecule has 1 saturated heterocycles. The normalized spacial score (nSPS) is 16.3. The molecule has 1 unspecified atom stereocenters. The number of ether oxygens (including phenoxy) is 2. The summed E-state index contributed by atoms with van der Waals surface area (Å²) in [4.78, 5) is 13.7. The Morgan fingerprint density at radius 1 is 0.971 bits per heavy atom. The molecule has 5 nitrogen and oxygen atoms in total. The number of piperidine rings is 1. The van der Waals surface area contributed by atoms with Crippen molar-refractivity contribution in [2.45, 2.75) is 52.3 Å². The molecule has 3 aromatic carbocycles. The van der Waals surface area contributed by atoms with Gasteiger partial charge in [0.15, 0.2) is 0 Å². The highest BCUT2D eigenvalue weighted by atomic mass is 16.5. The Balaban J connectivity index is 1.52. The van der Waals surface area contributed by atoms with Crippen LogP contribution in [0.4, 0.5) is 0 Å². The maximum absolute atomic E-state index is 11.7. The van der Waals surface area contributed by atoms with Gasteiger partial charge >= 0.3 is 5.97 Å². The zero-order valence-corrected chi connectivity index (χ0v) is 20.2. The first-order chi connectivity index (χ1) is 16.5. The largest absolute Gasteiger partial charge is 0.496 e. The Kier molecular flexibility index (Phi) is 7.53. The van der Waals surface area contributed by atoms with Gasteiger partial charge in [-0.15, -0.1) is 0 Å². The van der Waals surface area contributed by atoms with Gasteiger partial charge in [-0.25, -0.2) is 0 Å². The highest BCUT2D eigenvalue weighted by molar-refractivity contribution is 5.73. The highest BCUT2D eigenvalue weighted by Crippen LogP contribution is 2.34. The van der Waals surface area contributed by atoms with Crippen LogP contribution in [0.1, 0.15) is 41.5 Å². The van der Waals surface area contributed by atoms with E-state index in [0.717, 1.165) is 47.6 Å². The first-order valence-electron chi connectivity index (χ1n) is 11.9. The van der Waals surface area contributed by atoms with Crippen molar-refractivity contribution < 1.29 is 19.4 Å². The minimum atomic E-state index is -0.747. The van der Waals surface area contributed by atoms with E-state index in [1.165, 1.54) is 16.7 Å². The van der Waals surface area contributed by atoms with Crippen molar-refractivity contribution in [3.05, 3.63) is 82.9 Å². The molecule has 34 heavy (non-hydrogen) atoms. The number of carbonyl (C=O) groups is 1. The maximum atomic E-state index is 11.7. The fourth-order valence-electron chi connectivity index (χ4n) is 4.90. The number of likely N-dealkylation sites (tertiary alicyclic amines) is 1. The number of rotatable bonds is 8. The van der Waals surface area contributed by atoms with Gasteiger partial charge in [0.2, 0.25) is 0 Å². The lowest BCUT2D eigenvalue weighted by Gasteiger charge is -2.33. The smallest absolute Gasteiger partial charge is 0.320 e. The molecule has 4 rings (SSSR count). The van der Waals surface area contributed by atoms with Crippen molar-refractivity contribution in [1.82, 2.24) is 4.90 Å². The summed E-state index contributed by atoms with van der Waals surface area (Å²) in [5.41, 5.74) is 6.67. The fraction of sp³-hybridized carbons (Fsp3) is 0.345. The summed E-state index contributed by atoms with van der Waals surface area (Å²) in [7, 11) is 1.66. The quantitative estimate of drug-likeness (QED) is 0.448. The lowest BCUT2D eigenvalue weighted by atomic mass is 9.97. The third-order valence-electron chi connectivity index (χ3n) is 6.83. The van der Waals surface area contributed by atoms with Crippen LogP contribution in [0.15, 0.2) is 60.7 Å². The molecule has 0 aromatic heterocycles. The molecule has 5 heteroatoms. The Bertz CT molecular complexity index is 1140. The second-order valence-corrected chi connectivity index (χ2v) is 8.95. The molecule has 0 spiro atoms. The van der Waals surface area contributed by atoms with E-state index in [1.54, 1.807) is 7.11 Å². The van der Waals surface area contributed by atoms with E-state index in [1.807, 2.05) is 30.0 Å². The average molecular weight is 460 g/mol. The number of aliphatic carboxylic acids is 1. The lowest BCUT2D eigenvalue weighted by Crippen LogP contribution is -2.44. The van der Waals surface area contributed by atoms with E-state index >= 15 is 0 Å². The van der Waals surface area contributed by atoms with Gasteiger partial charge in [-0.05, 0) is 61.6 Å². The standard InChI is InChI=1S/C29H33NO4/c1-20-24(12-9-13-25(20)22-10-5-4-6-11-22)19-34-27-16-15-23(28(33-3)21(27)2)18-30-17-8-7-14-26(30)29(31)32/h4-6,9-13,15-16,26H,7-8,14,17-19H2,1-3H3,(H,31,32). The van der Waals surface area contributed by atoms with Gasteiger partial charge < -0.3 is 14.6 Å². The molecule has 3 aromatic rings. The van der Waals surface area contributed by atoms with Gasteiger partial charge in [-0.1, -0.05) is 61.0 Å². The maximum Gasteiger partial charge on any atom is 0.320 e. The van der Waals surface area contributed by atoms with E-state index in [4.69, 9.17) is 9.47 Å². The van der Waals surface area contributed by atoms with E-state index in [9.17, 15) is 9.90 Å². The topological polar surface area (TPSA) is 59.0 Å². The number of hydrogen-bond donors (Lipinski definition) is 1. The Labute approximate surface area is 201 Å². The summed E-state index contributed by atoms with van der Waals surface area (Å²) in [6, 6.07) is 20.2. The van der Waals surface area contributed by atoms with Crippen LogP contribution in [-0.4, -0.2) is 35.7 Å². The van der Waals surface area contributed by atoms with Gasteiger partial charge in [0.1, 0.15) is 24.1 Å². The van der Waals surface area contributed by atoms with E-state index in [-0.39, 0.29) is 0 Å². The minimum Gasteiger partial charge on any atom is -0.496 e. The van der Waals surface area contributed by atoms with Crippen LogP contribution in [0.25, 0.3) is 11.1 Å². The van der Waals surface area contributed by atoms with Crippen molar-refractivity contribution in [1.29, 1.82) is 0 Å². The predicted octanol–water partition coefficient (Wildman–Crippen LogP) is 6.00. The number of nitrogens with zero attached hydrogens (tertiary/aromatic N) is 1. The molecule has 0 radical (unpaired) electrons. The second kappa shape index (κ2) is 10.7. The fourth-order valence-corrected chi connectivity index (χ4v) is 4.90. The monoisotopic (exact) mass is 459 g/mol. The first-order valence-corrected chi connectivity index (χ1v) is 11.9. The average Bonchev–Trinajstić information content (AvgIpc) is 2.85. The number of methoxy groups -OCH3 is 1. The summed E-state index contributed by atoms with van der Waals surface area (Å²) in [5, 5.41) is 9.61. The van der Waals surface area contributed by atoms with E-state index in [2.05, 4.69) is 49.4 Å². The Morgan fingerprint density at radius 2 is 1.76 bits per heavy atom. The van der Waals surface area contributed by atoms with Crippen LogP contribution in [0.3, 0.4) is 0 Å². The zero-order valence-electron chi connectivity index (χ0n) is 20.2. The van der Waals surface area contributed by atoms with E-state index < -0.39 is 12.0 Å². The van der Waals surface area contributed by atoms with Crippen molar-refractivity contribution in [3.8, 4) is 22.6 Å². The van der Waals surface area contributed by atoms with Crippen LogP contribution in [0.2, 0.25) is 0 Å². The molecule has 1 fully saturated rings. The van der Waals surface area contributed by atoms with Crippen molar-refractivity contribution in [2.75, 3.05) is 13.7 Å². The van der Waals surface area contributed by atoms with Crippen LogP contribution in [-0.2, 0) is 17.9 Å². The van der Waals surface area contributed by atoms with Crippen LogP contribution < -0.4 is 9.47 Å². The van der Waals surface area contributed by atoms with Gasteiger partial charge in [-0.2, -0.15) is 0 Å². The third kappa shape index (κ3) is 5.10. The van der Waals surface area contributed by atoms with Crippen LogP contribution in [0, 0.1) is 13.8 Å². The Hall–Kier alpha value is -3.31. The van der Waals surface area contributed by atoms with Gasteiger partial charge in [0.05, 0.1) is 7.11 Å². The molecule has 0 amide bonds. The zero-order chi connectivity index (χ0) is 24.1. The van der Waals surface area contributed by atoms with Crippen molar-refractivity contribution >= 4 is 5.97 Å². The summed E-state index contributed by atoms with van der Waals surface area (Å²) in [6.45, 7) is 5.93. The third-order valence-corrected chi connectivity index (χ3v) is 6.83. The number of benzene rings is 3. The number of hydrogen-bond acceptors (Lipinski definition) is 4. The SMILES string of the molecule is COc1c(CN2CCCCC2C(=O)O)ccc(OCc2cccc(-c3ccccc3)c2C)c1C. The molecule has 1 atom stereocenters. The highest BCUT2D eigenvalue weighted by Gasteiger charge is 2.29. The molecule has 0 saturated carbocycles. The van der Waals surface area contributed by atoms with Crippen LogP contribution >= 0.6 is 0 Å². The molecule has 0 bridgehead atoms. The molecule has 1 N–H and O–H groups in total. The molecule has 1 aliphatic heterocycles. The summed E-state index contributed by atoms with van der Waals surface area (Å²) in [6.07, 6.45) is 2.67. The van der Waals surface area contributed by atoms with Crippen molar-refractivity contribution in [2.24, 2.45) is 0 Å². The number of carboxylic acids is 1. The van der Waals surface area contributed by atoms with E-state index in [0.29, 0.717) is 19.6 Å². The van der Waals surface area contributed by atoms with Gasteiger partial charge in [-0.3, -0.25) is 9.69 Å². The van der Waals surface area contributed by atoms with Gasteiger partial charge in [0.25, 0.3) is 0 Å². The minimum absolute atomic E-state index is 0.436. The molecule has 1 heterocycles. The second-order valence-electron chi connectivity index (χ2n) is 8.95. The number of carboxylic acid groups (broad SMARTS) is 1. The molecule has 178 valence electrons. The predicted molar refractivity (Wildman–Crippen MR) is 134 cm³/mol. The van der Waals surface area contributed by atoms with Crippen molar-refractivity contribution in [3.63, 3.8) is 0 Å². The molecule has 0 aliphatic carbocycles. The van der Waals surface area contributed by atoms with Crippen LogP contribution in [0.5, 0.6) is 11.5 Å². The first kappa shape index (κ1) is 23.8. The molecular weight excluding hydrogens is 426 g/mol. The molecule has 1 aliphatic rings.